The lowest BCUT2D eigenvalue weighted by Gasteiger charge is -2.59. The van der Waals surface area contributed by atoms with E-state index in [-0.39, 0.29) is 5.75 Å². The molecule has 1 aliphatic rings. The first-order valence-corrected chi connectivity index (χ1v) is 11.5. The molecule has 38 heavy (non-hydrogen) atoms. The van der Waals surface area contributed by atoms with Crippen LogP contribution >= 0.6 is 11.6 Å². The number of hydrogen-bond acceptors (Lipinski definition) is 13. The van der Waals surface area contributed by atoms with E-state index in [0.29, 0.717) is 25.8 Å². The highest BCUT2D eigenvalue weighted by Crippen LogP contribution is 2.51. The minimum absolute atomic E-state index is 0.0748. The lowest BCUT2D eigenvalue weighted by molar-refractivity contribution is -0.478. The van der Waals surface area contributed by atoms with Crippen LogP contribution in [-0.4, -0.2) is 95.2 Å². The summed E-state index contributed by atoms with van der Waals surface area (Å²) in [6.45, 7) is 4.67. The van der Waals surface area contributed by atoms with Crippen LogP contribution in [0, 0.1) is 0 Å². The van der Waals surface area contributed by atoms with Crippen molar-refractivity contribution in [1.82, 2.24) is 0 Å². The molecule has 13 nitrogen and oxygen atoms in total. The van der Waals surface area contributed by atoms with E-state index >= 15 is 0 Å². The number of esters is 1. The van der Waals surface area contributed by atoms with Gasteiger partial charge in [0.2, 0.25) is 5.60 Å². The molecule has 210 valence electrons. The molecule has 1 unspecified atom stereocenters. The molecular weight excluding hydrogens is 532 g/mol. The van der Waals surface area contributed by atoms with Crippen molar-refractivity contribution >= 4 is 40.7 Å². The van der Waals surface area contributed by atoms with E-state index in [1.807, 2.05) is 0 Å². The Kier molecular flexibility index (Phi) is 8.34. The molecule has 1 aromatic carbocycles. The number of aliphatic hydroxyl groups is 5. The standard InChI is InChI=1S/C24H29ClO13/c1-11(26)17(30)18-21(32,12(2)27)22(33,13(3)28)23(34,14(4)29)24(35,37-18)38-19(31)20(5,6)36-16-9-7-15(25)8-10-16/h7-10,17-18,30,32-35H,1-6H3/t17?,18-,21-,22+,23-,24+/m1/s1. The van der Waals surface area contributed by atoms with E-state index in [2.05, 4.69) is 0 Å². The SMILES string of the molecule is CC(=O)C(O)[C@H]1O[C@](O)(OC(=O)C(C)(C)Oc2ccc(Cl)cc2)[C@@](O)(C(C)=O)[C@](O)(C(C)=O)[C@@]1(O)C(C)=O. The van der Waals surface area contributed by atoms with Crippen molar-refractivity contribution < 1.29 is 63.7 Å². The number of benzene rings is 1. The van der Waals surface area contributed by atoms with Crippen LogP contribution < -0.4 is 4.74 Å². The van der Waals surface area contributed by atoms with Crippen molar-refractivity contribution in [2.24, 2.45) is 0 Å². The van der Waals surface area contributed by atoms with Gasteiger partial charge < -0.3 is 39.7 Å². The molecule has 1 aromatic rings. The summed E-state index contributed by atoms with van der Waals surface area (Å²) in [6, 6.07) is 5.59. The van der Waals surface area contributed by atoms with E-state index in [1.54, 1.807) is 0 Å². The summed E-state index contributed by atoms with van der Waals surface area (Å²) in [5, 5.41) is 56.3. The Hall–Kier alpha value is -2.78. The fraction of sp³-hybridized carbons (Fsp3) is 0.542. The molecule has 14 heteroatoms. The fourth-order valence-electron chi connectivity index (χ4n) is 4.20. The zero-order chi connectivity index (χ0) is 29.6. The van der Waals surface area contributed by atoms with E-state index in [4.69, 9.17) is 25.8 Å². The molecule has 0 saturated carbocycles. The Labute approximate surface area is 221 Å². The molecule has 5 N–H and O–H groups in total. The predicted molar refractivity (Wildman–Crippen MR) is 126 cm³/mol. The van der Waals surface area contributed by atoms with Crippen molar-refractivity contribution in [3.8, 4) is 5.75 Å². The van der Waals surface area contributed by atoms with Gasteiger partial charge in [-0.3, -0.25) is 19.2 Å². The summed E-state index contributed by atoms with van der Waals surface area (Å²) in [7, 11) is 0. The summed E-state index contributed by atoms with van der Waals surface area (Å²) in [5.74, 6) is -11.7. The molecule has 1 fully saturated rings. The Morgan fingerprint density at radius 2 is 1.37 bits per heavy atom. The normalized spacial score (nSPS) is 32.2. The summed E-state index contributed by atoms with van der Waals surface area (Å²) in [5.41, 5.74) is -13.8. The van der Waals surface area contributed by atoms with Crippen LogP contribution in [0.2, 0.25) is 5.02 Å². The maximum atomic E-state index is 13.1. The summed E-state index contributed by atoms with van der Waals surface area (Å²) in [4.78, 5) is 63.2. The number of carbonyl (C=O) groups is 5. The Morgan fingerprint density at radius 1 is 0.895 bits per heavy atom. The first kappa shape index (κ1) is 31.4. The molecule has 0 aromatic heterocycles. The van der Waals surface area contributed by atoms with Crippen molar-refractivity contribution in [1.29, 1.82) is 0 Å². The largest absolute Gasteiger partial charge is 0.476 e. The molecule has 0 spiro atoms. The van der Waals surface area contributed by atoms with Gasteiger partial charge in [0.05, 0.1) is 0 Å². The molecule has 1 aliphatic heterocycles. The van der Waals surface area contributed by atoms with Crippen LogP contribution in [0.1, 0.15) is 41.5 Å². The van der Waals surface area contributed by atoms with Gasteiger partial charge in [-0.25, -0.2) is 4.79 Å². The van der Waals surface area contributed by atoms with Crippen LogP contribution in [0.5, 0.6) is 5.75 Å². The van der Waals surface area contributed by atoms with Gasteiger partial charge in [0.15, 0.2) is 34.3 Å². The van der Waals surface area contributed by atoms with Crippen LogP contribution in [0.25, 0.3) is 0 Å². The van der Waals surface area contributed by atoms with Gasteiger partial charge in [-0.15, -0.1) is 0 Å². The third kappa shape index (κ3) is 4.53. The van der Waals surface area contributed by atoms with Gasteiger partial charge >= 0.3 is 11.9 Å². The lowest BCUT2D eigenvalue weighted by atomic mass is 9.59. The number of hydrogen-bond donors (Lipinski definition) is 5. The Morgan fingerprint density at radius 3 is 1.76 bits per heavy atom. The van der Waals surface area contributed by atoms with Crippen molar-refractivity contribution in [3.05, 3.63) is 29.3 Å². The highest BCUT2D eigenvalue weighted by atomic mass is 35.5. The van der Waals surface area contributed by atoms with E-state index in [1.165, 1.54) is 24.3 Å². The lowest BCUT2D eigenvalue weighted by Crippen LogP contribution is -2.91. The second-order valence-electron chi connectivity index (χ2n) is 9.49. The third-order valence-corrected chi connectivity index (χ3v) is 6.65. The van der Waals surface area contributed by atoms with Crippen LogP contribution in [-0.2, 0) is 33.4 Å². The topological polar surface area (TPSA) is 214 Å². The summed E-state index contributed by atoms with van der Waals surface area (Å²) in [6.07, 6.45) is -5.28. The molecule has 6 atom stereocenters. The second-order valence-corrected chi connectivity index (χ2v) is 9.92. The minimum Gasteiger partial charge on any atom is -0.476 e. The van der Waals surface area contributed by atoms with Gasteiger partial charge in [-0.05, 0) is 65.8 Å². The Balaban J connectivity index is 2.75. The Bertz CT molecular complexity index is 1160. The number of rotatable bonds is 9. The average molecular weight is 561 g/mol. The monoisotopic (exact) mass is 560 g/mol. The second kappa shape index (κ2) is 10.1. The van der Waals surface area contributed by atoms with Crippen molar-refractivity contribution in [2.45, 2.75) is 82.1 Å². The number of halogens is 1. The average Bonchev–Trinajstić information content (AvgIpc) is 2.80. The molecular formula is C24H29ClO13. The number of ketones is 4. The van der Waals surface area contributed by atoms with Crippen LogP contribution in [0.4, 0.5) is 0 Å². The van der Waals surface area contributed by atoms with Gasteiger partial charge in [0.1, 0.15) is 18.0 Å². The molecule has 0 bridgehead atoms. The van der Waals surface area contributed by atoms with Crippen molar-refractivity contribution in [3.63, 3.8) is 0 Å². The number of carbonyl (C=O) groups excluding carboxylic acids is 5. The molecule has 0 radical (unpaired) electrons. The minimum atomic E-state index is -4.08. The molecule has 1 heterocycles. The van der Waals surface area contributed by atoms with Gasteiger partial charge in [-0.1, -0.05) is 11.6 Å². The maximum Gasteiger partial charge on any atom is 0.369 e. The zero-order valence-corrected chi connectivity index (χ0v) is 22.1. The van der Waals surface area contributed by atoms with Crippen molar-refractivity contribution in [2.75, 3.05) is 0 Å². The van der Waals surface area contributed by atoms with Gasteiger partial charge in [0.25, 0.3) is 5.60 Å². The molecule has 2 rings (SSSR count). The first-order chi connectivity index (χ1) is 17.1. The predicted octanol–water partition coefficient (Wildman–Crippen LogP) is -1.00. The van der Waals surface area contributed by atoms with E-state index in [0.717, 1.165) is 20.8 Å². The highest BCUT2D eigenvalue weighted by molar-refractivity contribution is 6.30. The summed E-state index contributed by atoms with van der Waals surface area (Å²) < 4.78 is 15.5. The third-order valence-electron chi connectivity index (χ3n) is 6.40. The van der Waals surface area contributed by atoms with E-state index in [9.17, 15) is 49.5 Å². The highest BCUT2D eigenvalue weighted by Gasteiger charge is 2.85. The summed E-state index contributed by atoms with van der Waals surface area (Å²) >= 11 is 5.82. The van der Waals surface area contributed by atoms with Gasteiger partial charge in [-0.2, -0.15) is 0 Å². The first-order valence-electron chi connectivity index (χ1n) is 11.1. The molecule has 0 amide bonds. The number of ether oxygens (including phenoxy) is 3. The molecule has 1 saturated heterocycles. The number of aliphatic hydroxyl groups excluding tert-OH is 1. The quantitative estimate of drug-likeness (QED) is 0.181. The molecule has 0 aliphatic carbocycles. The van der Waals surface area contributed by atoms with Crippen LogP contribution in [0.15, 0.2) is 24.3 Å². The van der Waals surface area contributed by atoms with Gasteiger partial charge in [0, 0.05) is 5.02 Å². The van der Waals surface area contributed by atoms with E-state index < -0.39 is 69.7 Å². The van der Waals surface area contributed by atoms with Crippen LogP contribution in [0.3, 0.4) is 0 Å². The zero-order valence-electron chi connectivity index (χ0n) is 21.3. The smallest absolute Gasteiger partial charge is 0.369 e. The fourth-order valence-corrected chi connectivity index (χ4v) is 4.33. The number of Topliss-reactive ketones (excluding diaryl/α,β-unsaturated/α-hetero) is 4. The maximum absolute atomic E-state index is 13.1.